The van der Waals surface area contributed by atoms with E-state index in [1.807, 2.05) is 54.6 Å². The minimum Gasteiger partial charge on any atom is -0.493 e. The Balaban J connectivity index is 1.36. The van der Waals surface area contributed by atoms with Crippen LogP contribution in [-0.2, 0) is 4.79 Å². The Hall–Kier alpha value is -3.54. The predicted octanol–water partition coefficient (Wildman–Crippen LogP) is 3.95. The lowest BCUT2D eigenvalue weighted by Crippen LogP contribution is -2.29. The molecule has 0 saturated carbocycles. The molecule has 0 bridgehead atoms. The highest BCUT2D eigenvalue weighted by Gasteiger charge is 2.26. The fourth-order valence-corrected chi connectivity index (χ4v) is 3.54. The van der Waals surface area contributed by atoms with Crippen LogP contribution in [0.5, 0.6) is 17.4 Å². The molecule has 1 aliphatic rings. The number of hydrogen-bond acceptors (Lipinski definition) is 5. The van der Waals surface area contributed by atoms with Gasteiger partial charge in [-0.05, 0) is 35.9 Å². The summed E-state index contributed by atoms with van der Waals surface area (Å²) in [4.78, 5) is 18.9. The summed E-state index contributed by atoms with van der Waals surface area (Å²) >= 11 is 0. The molecule has 0 radical (unpaired) electrons. The third kappa shape index (κ3) is 4.38. The van der Waals surface area contributed by atoms with Crippen molar-refractivity contribution in [3.05, 3.63) is 66.2 Å². The molecule has 1 atom stereocenters. The number of ether oxygens (including phenoxy) is 3. The van der Waals surface area contributed by atoms with Gasteiger partial charge in [-0.15, -0.1) is 0 Å². The second-order valence-corrected chi connectivity index (χ2v) is 7.10. The van der Waals surface area contributed by atoms with Gasteiger partial charge in [0.1, 0.15) is 6.10 Å². The van der Waals surface area contributed by atoms with E-state index in [0.29, 0.717) is 30.5 Å². The van der Waals surface area contributed by atoms with Crippen molar-refractivity contribution in [3.63, 3.8) is 0 Å². The Labute approximate surface area is 175 Å². The highest BCUT2D eigenvalue weighted by molar-refractivity contribution is 5.92. The third-order valence-corrected chi connectivity index (χ3v) is 5.14. The lowest BCUT2D eigenvalue weighted by atomic mass is 10.2. The monoisotopic (exact) mass is 404 g/mol. The lowest BCUT2D eigenvalue weighted by Gasteiger charge is -2.15. The molecule has 1 saturated heterocycles. The maximum absolute atomic E-state index is 12.6. The Bertz CT molecular complexity index is 1080. The molecule has 2 aromatic carbocycles. The van der Waals surface area contributed by atoms with Crippen molar-refractivity contribution in [2.45, 2.75) is 12.5 Å². The Morgan fingerprint density at radius 2 is 1.90 bits per heavy atom. The molecule has 4 rings (SSSR count). The predicted molar refractivity (Wildman–Crippen MR) is 116 cm³/mol. The van der Waals surface area contributed by atoms with Crippen LogP contribution in [0.15, 0.2) is 60.7 Å². The number of likely N-dealkylation sites (tertiary alicyclic amines) is 1. The maximum atomic E-state index is 12.6. The van der Waals surface area contributed by atoms with E-state index < -0.39 is 0 Å². The van der Waals surface area contributed by atoms with Crippen LogP contribution in [0.4, 0.5) is 0 Å². The molecule has 0 aliphatic carbocycles. The van der Waals surface area contributed by atoms with E-state index in [0.717, 1.165) is 22.9 Å². The van der Waals surface area contributed by atoms with Gasteiger partial charge in [-0.3, -0.25) is 4.79 Å². The molecular formula is C24H24N2O4. The van der Waals surface area contributed by atoms with Crippen LogP contribution in [-0.4, -0.2) is 49.2 Å². The molecule has 0 N–H and O–H groups in total. The second-order valence-electron chi connectivity index (χ2n) is 7.10. The van der Waals surface area contributed by atoms with Crippen molar-refractivity contribution in [1.82, 2.24) is 9.88 Å². The number of rotatable bonds is 6. The SMILES string of the molecule is COc1ccc(/C=C/C(=O)N2CC[C@@H](Oc3ccc4ccccc4n3)C2)cc1OC. The lowest BCUT2D eigenvalue weighted by molar-refractivity contribution is -0.125. The number of amides is 1. The minimum absolute atomic E-state index is 0.0395. The number of carbonyl (C=O) groups excluding carboxylic acids is 1. The van der Waals surface area contributed by atoms with Crippen LogP contribution in [0.1, 0.15) is 12.0 Å². The summed E-state index contributed by atoms with van der Waals surface area (Å²) in [5.41, 5.74) is 1.77. The zero-order chi connectivity index (χ0) is 20.9. The van der Waals surface area contributed by atoms with E-state index in [1.165, 1.54) is 0 Å². The fourth-order valence-electron chi connectivity index (χ4n) is 3.54. The van der Waals surface area contributed by atoms with Gasteiger partial charge in [0.2, 0.25) is 11.8 Å². The Morgan fingerprint density at radius 3 is 2.73 bits per heavy atom. The fraction of sp³-hybridized carbons (Fsp3) is 0.250. The van der Waals surface area contributed by atoms with Crippen molar-refractivity contribution >= 4 is 22.9 Å². The van der Waals surface area contributed by atoms with Crippen LogP contribution < -0.4 is 14.2 Å². The third-order valence-electron chi connectivity index (χ3n) is 5.14. The summed E-state index contributed by atoms with van der Waals surface area (Å²) in [6.45, 7) is 1.21. The standard InChI is InChI=1S/C24H24N2O4/c1-28-21-10-7-17(15-22(21)29-2)8-12-24(27)26-14-13-19(16-26)30-23-11-9-18-5-3-4-6-20(18)25-23/h3-12,15,19H,13-14,16H2,1-2H3/b12-8+/t19-/m1/s1. The zero-order valence-corrected chi connectivity index (χ0v) is 17.1. The van der Waals surface area contributed by atoms with E-state index in [9.17, 15) is 4.79 Å². The molecule has 0 spiro atoms. The minimum atomic E-state index is -0.0582. The number of para-hydroxylation sites is 1. The Morgan fingerprint density at radius 1 is 1.07 bits per heavy atom. The number of methoxy groups -OCH3 is 2. The van der Waals surface area contributed by atoms with Crippen molar-refractivity contribution < 1.29 is 19.0 Å². The number of benzene rings is 2. The molecule has 154 valence electrons. The topological polar surface area (TPSA) is 60.9 Å². The van der Waals surface area contributed by atoms with Gasteiger partial charge in [-0.1, -0.05) is 24.3 Å². The van der Waals surface area contributed by atoms with Gasteiger partial charge < -0.3 is 19.1 Å². The van der Waals surface area contributed by atoms with Gasteiger partial charge in [0, 0.05) is 30.5 Å². The van der Waals surface area contributed by atoms with Gasteiger partial charge >= 0.3 is 0 Å². The van der Waals surface area contributed by atoms with Gasteiger partial charge in [0.05, 0.1) is 26.3 Å². The number of hydrogen-bond donors (Lipinski definition) is 0. The number of fused-ring (bicyclic) bond motifs is 1. The van der Waals surface area contributed by atoms with Gasteiger partial charge in [-0.25, -0.2) is 4.98 Å². The largest absolute Gasteiger partial charge is 0.493 e. The molecule has 1 fully saturated rings. The first-order valence-corrected chi connectivity index (χ1v) is 9.88. The zero-order valence-electron chi connectivity index (χ0n) is 17.1. The molecule has 1 aromatic heterocycles. The average molecular weight is 404 g/mol. The number of aromatic nitrogens is 1. The molecule has 3 aromatic rings. The molecule has 1 aliphatic heterocycles. The maximum Gasteiger partial charge on any atom is 0.246 e. The van der Waals surface area contributed by atoms with Crippen molar-refractivity contribution in [1.29, 1.82) is 0 Å². The van der Waals surface area contributed by atoms with E-state index in [2.05, 4.69) is 4.98 Å². The second kappa shape index (κ2) is 8.86. The molecule has 1 amide bonds. The number of carbonyl (C=O) groups is 1. The molecular weight excluding hydrogens is 380 g/mol. The summed E-state index contributed by atoms with van der Waals surface area (Å²) in [5, 5.41) is 1.08. The highest BCUT2D eigenvalue weighted by atomic mass is 16.5. The van der Waals surface area contributed by atoms with Crippen molar-refractivity contribution in [2.75, 3.05) is 27.3 Å². The van der Waals surface area contributed by atoms with E-state index in [-0.39, 0.29) is 12.0 Å². The van der Waals surface area contributed by atoms with Crippen LogP contribution in [0.3, 0.4) is 0 Å². The first-order valence-electron chi connectivity index (χ1n) is 9.88. The molecule has 2 heterocycles. The summed E-state index contributed by atoms with van der Waals surface area (Å²) in [6, 6.07) is 17.3. The quantitative estimate of drug-likeness (QED) is 0.583. The molecule has 6 heteroatoms. The smallest absolute Gasteiger partial charge is 0.246 e. The first-order chi connectivity index (χ1) is 14.7. The van der Waals surface area contributed by atoms with Crippen molar-refractivity contribution in [3.8, 4) is 17.4 Å². The van der Waals surface area contributed by atoms with Crippen molar-refractivity contribution in [2.24, 2.45) is 0 Å². The summed E-state index contributed by atoms with van der Waals surface area (Å²) < 4.78 is 16.6. The summed E-state index contributed by atoms with van der Waals surface area (Å²) in [5.74, 6) is 1.84. The summed E-state index contributed by atoms with van der Waals surface area (Å²) in [6.07, 6.45) is 4.09. The van der Waals surface area contributed by atoms with Gasteiger partial charge in [0.25, 0.3) is 0 Å². The average Bonchev–Trinajstić information content (AvgIpc) is 3.25. The van der Waals surface area contributed by atoms with Crippen LogP contribution >= 0.6 is 0 Å². The highest BCUT2D eigenvalue weighted by Crippen LogP contribution is 2.28. The molecule has 0 unspecified atom stereocenters. The summed E-state index contributed by atoms with van der Waals surface area (Å²) in [7, 11) is 3.18. The van der Waals surface area contributed by atoms with Gasteiger partial charge in [-0.2, -0.15) is 0 Å². The first kappa shape index (κ1) is 19.8. The Kier molecular flexibility index (Phi) is 5.84. The number of nitrogens with zero attached hydrogens (tertiary/aromatic N) is 2. The van der Waals surface area contributed by atoms with Crippen LogP contribution in [0.25, 0.3) is 17.0 Å². The van der Waals surface area contributed by atoms with Crippen LogP contribution in [0.2, 0.25) is 0 Å². The van der Waals surface area contributed by atoms with E-state index in [1.54, 1.807) is 31.3 Å². The van der Waals surface area contributed by atoms with Gasteiger partial charge in [0.15, 0.2) is 11.5 Å². The number of pyridine rings is 1. The van der Waals surface area contributed by atoms with E-state index >= 15 is 0 Å². The van der Waals surface area contributed by atoms with E-state index in [4.69, 9.17) is 14.2 Å². The normalized spacial score (nSPS) is 16.2. The van der Waals surface area contributed by atoms with Crippen LogP contribution in [0, 0.1) is 0 Å². The molecule has 6 nitrogen and oxygen atoms in total. The molecule has 30 heavy (non-hydrogen) atoms.